The first kappa shape index (κ1) is 17.4. The summed E-state index contributed by atoms with van der Waals surface area (Å²) in [5, 5.41) is 0. The van der Waals surface area contributed by atoms with Crippen LogP contribution in [-0.2, 0) is 6.42 Å². The Bertz CT molecular complexity index is 923. The van der Waals surface area contributed by atoms with Gasteiger partial charge in [0.25, 0.3) is 5.91 Å². The minimum Gasteiger partial charge on any atom is -0.445 e. The number of carbonyl (C=O) groups is 1. The van der Waals surface area contributed by atoms with E-state index in [2.05, 4.69) is 27.1 Å². The highest BCUT2D eigenvalue weighted by atomic mass is 16.4. The second kappa shape index (κ2) is 7.70. The average Bonchev–Trinajstić information content (AvgIpc) is 3.17. The van der Waals surface area contributed by atoms with Crippen molar-refractivity contribution in [1.82, 2.24) is 19.9 Å². The Morgan fingerprint density at radius 3 is 2.89 bits per heavy atom. The number of rotatable bonds is 4. The topological polar surface area (TPSA) is 72.1 Å². The number of hydrogen-bond donors (Lipinski definition) is 0. The molecule has 1 amide bonds. The highest BCUT2D eigenvalue weighted by molar-refractivity contribution is 5.92. The van der Waals surface area contributed by atoms with E-state index in [9.17, 15) is 4.79 Å². The second-order valence-electron chi connectivity index (χ2n) is 6.91. The fourth-order valence-electron chi connectivity index (χ4n) is 3.49. The van der Waals surface area contributed by atoms with Gasteiger partial charge in [0.15, 0.2) is 5.89 Å². The number of nitrogens with zero attached hydrogens (tertiary/aromatic N) is 4. The van der Waals surface area contributed by atoms with Gasteiger partial charge in [-0.05, 0) is 31.4 Å². The van der Waals surface area contributed by atoms with Crippen molar-refractivity contribution in [3.8, 4) is 0 Å². The molecule has 1 atom stereocenters. The van der Waals surface area contributed by atoms with Crippen molar-refractivity contribution in [2.45, 2.75) is 32.1 Å². The zero-order valence-corrected chi connectivity index (χ0v) is 15.3. The van der Waals surface area contributed by atoms with E-state index in [1.165, 1.54) is 5.56 Å². The molecule has 0 saturated carbocycles. The highest BCUT2D eigenvalue weighted by Crippen LogP contribution is 2.28. The van der Waals surface area contributed by atoms with Crippen molar-refractivity contribution in [2.75, 3.05) is 13.1 Å². The molecule has 0 unspecified atom stereocenters. The van der Waals surface area contributed by atoms with Crippen molar-refractivity contribution in [3.05, 3.63) is 77.5 Å². The molecule has 1 aliphatic heterocycles. The molecule has 4 rings (SSSR count). The van der Waals surface area contributed by atoms with Crippen LogP contribution in [0.5, 0.6) is 0 Å². The number of likely N-dealkylation sites (tertiary alicyclic amines) is 1. The summed E-state index contributed by atoms with van der Waals surface area (Å²) in [6.07, 6.45) is 6.05. The molecule has 138 valence electrons. The van der Waals surface area contributed by atoms with Gasteiger partial charge in [0.05, 0.1) is 12.1 Å². The molecule has 1 aliphatic rings. The fraction of sp³-hybridized carbons (Fsp3) is 0.333. The molecule has 0 radical (unpaired) electrons. The van der Waals surface area contributed by atoms with Crippen molar-refractivity contribution in [1.29, 1.82) is 0 Å². The smallest absolute Gasteiger partial charge is 0.272 e. The number of aromatic nitrogens is 3. The summed E-state index contributed by atoms with van der Waals surface area (Å²) >= 11 is 0. The van der Waals surface area contributed by atoms with Crippen LogP contribution in [0.1, 0.15) is 52.3 Å². The molecule has 2 aromatic heterocycles. The Kier molecular flexibility index (Phi) is 4.96. The van der Waals surface area contributed by atoms with Gasteiger partial charge in [0.1, 0.15) is 17.3 Å². The second-order valence-corrected chi connectivity index (χ2v) is 6.91. The molecule has 0 N–H and O–H groups in total. The molecule has 0 bridgehead atoms. The first-order valence-corrected chi connectivity index (χ1v) is 9.26. The quantitative estimate of drug-likeness (QED) is 0.711. The number of hydrogen-bond acceptors (Lipinski definition) is 5. The zero-order valence-electron chi connectivity index (χ0n) is 15.3. The van der Waals surface area contributed by atoms with E-state index >= 15 is 0 Å². The van der Waals surface area contributed by atoms with Crippen molar-refractivity contribution in [2.24, 2.45) is 0 Å². The first-order chi connectivity index (χ1) is 13.2. The maximum atomic E-state index is 12.8. The maximum absolute atomic E-state index is 12.8. The van der Waals surface area contributed by atoms with E-state index in [1.807, 2.05) is 23.1 Å². The summed E-state index contributed by atoms with van der Waals surface area (Å²) in [7, 11) is 0. The largest absolute Gasteiger partial charge is 0.445 e. The van der Waals surface area contributed by atoms with Gasteiger partial charge < -0.3 is 9.32 Å². The summed E-state index contributed by atoms with van der Waals surface area (Å²) < 4.78 is 6.01. The molecule has 1 aromatic carbocycles. The lowest BCUT2D eigenvalue weighted by Crippen LogP contribution is -2.39. The van der Waals surface area contributed by atoms with E-state index in [0.29, 0.717) is 18.1 Å². The Labute approximate surface area is 158 Å². The normalized spacial score (nSPS) is 17.1. The van der Waals surface area contributed by atoms with E-state index in [4.69, 9.17) is 4.42 Å². The third kappa shape index (κ3) is 4.05. The molecule has 0 aliphatic carbocycles. The van der Waals surface area contributed by atoms with Crippen molar-refractivity contribution < 1.29 is 9.21 Å². The van der Waals surface area contributed by atoms with Gasteiger partial charge in [0.2, 0.25) is 0 Å². The summed E-state index contributed by atoms with van der Waals surface area (Å²) in [5.41, 5.74) is 1.64. The van der Waals surface area contributed by atoms with Gasteiger partial charge in [-0.1, -0.05) is 30.3 Å². The van der Waals surface area contributed by atoms with Gasteiger partial charge in [-0.15, -0.1) is 0 Å². The standard InChI is InChI=1S/C21H22N4O2/c1-15-22-10-9-19(24-15)21(26)25-11-5-8-17(14-25)20-23-13-18(27-20)12-16-6-3-2-4-7-16/h2-4,6-7,9-10,13,17H,5,8,11-12,14H2,1H3/t17-/m1/s1. The summed E-state index contributed by atoms with van der Waals surface area (Å²) in [5.74, 6) is 2.24. The summed E-state index contributed by atoms with van der Waals surface area (Å²) in [6.45, 7) is 3.12. The van der Waals surface area contributed by atoms with Crippen LogP contribution < -0.4 is 0 Å². The molecule has 3 aromatic rings. The maximum Gasteiger partial charge on any atom is 0.272 e. The van der Waals surface area contributed by atoms with Crippen molar-refractivity contribution in [3.63, 3.8) is 0 Å². The van der Waals surface area contributed by atoms with E-state index in [1.54, 1.807) is 25.4 Å². The summed E-state index contributed by atoms with van der Waals surface area (Å²) in [4.78, 5) is 27.4. The van der Waals surface area contributed by atoms with Gasteiger partial charge >= 0.3 is 0 Å². The molecule has 6 nitrogen and oxygen atoms in total. The Morgan fingerprint density at radius 1 is 1.22 bits per heavy atom. The molecular weight excluding hydrogens is 340 g/mol. The SMILES string of the molecule is Cc1nccc(C(=O)N2CCC[C@@H](c3ncc(Cc4ccccc4)o3)C2)n1. The zero-order chi connectivity index (χ0) is 18.6. The van der Waals surface area contributed by atoms with Crippen LogP contribution in [0.25, 0.3) is 0 Å². The minimum atomic E-state index is -0.0544. The molecule has 1 fully saturated rings. The Morgan fingerprint density at radius 2 is 2.07 bits per heavy atom. The predicted octanol–water partition coefficient (Wildman–Crippen LogP) is 3.38. The third-order valence-electron chi connectivity index (χ3n) is 4.85. The first-order valence-electron chi connectivity index (χ1n) is 9.26. The van der Waals surface area contributed by atoms with Crippen LogP contribution >= 0.6 is 0 Å². The van der Waals surface area contributed by atoms with Gasteiger partial charge in [-0.2, -0.15) is 0 Å². The molecule has 1 saturated heterocycles. The number of amides is 1. The molecule has 6 heteroatoms. The van der Waals surface area contributed by atoms with E-state index < -0.39 is 0 Å². The number of aryl methyl sites for hydroxylation is 1. The van der Waals surface area contributed by atoms with E-state index in [-0.39, 0.29) is 11.8 Å². The highest BCUT2D eigenvalue weighted by Gasteiger charge is 2.29. The molecule has 0 spiro atoms. The Balaban J connectivity index is 1.45. The van der Waals surface area contributed by atoms with Crippen LogP contribution in [0.3, 0.4) is 0 Å². The van der Waals surface area contributed by atoms with Crippen LogP contribution in [0.15, 0.2) is 53.2 Å². The summed E-state index contributed by atoms with van der Waals surface area (Å²) in [6, 6.07) is 11.9. The lowest BCUT2D eigenvalue weighted by molar-refractivity contribution is 0.0691. The number of piperidine rings is 1. The minimum absolute atomic E-state index is 0.0544. The average molecular weight is 362 g/mol. The van der Waals surface area contributed by atoms with Gasteiger partial charge in [0, 0.05) is 25.7 Å². The molecule has 3 heterocycles. The molecular formula is C21H22N4O2. The van der Waals surface area contributed by atoms with Crippen LogP contribution in [-0.4, -0.2) is 38.8 Å². The number of benzene rings is 1. The van der Waals surface area contributed by atoms with Crippen LogP contribution in [0.4, 0.5) is 0 Å². The van der Waals surface area contributed by atoms with Gasteiger partial charge in [-0.25, -0.2) is 15.0 Å². The third-order valence-corrected chi connectivity index (χ3v) is 4.85. The van der Waals surface area contributed by atoms with Gasteiger partial charge in [-0.3, -0.25) is 4.79 Å². The predicted molar refractivity (Wildman–Crippen MR) is 100 cm³/mol. The fourth-order valence-corrected chi connectivity index (χ4v) is 3.49. The number of carbonyl (C=O) groups excluding carboxylic acids is 1. The molecule has 27 heavy (non-hydrogen) atoms. The Hall–Kier alpha value is -3.02. The monoisotopic (exact) mass is 362 g/mol. The van der Waals surface area contributed by atoms with Crippen LogP contribution in [0.2, 0.25) is 0 Å². The lowest BCUT2D eigenvalue weighted by Gasteiger charge is -2.31. The van der Waals surface area contributed by atoms with E-state index in [0.717, 1.165) is 37.5 Å². The van der Waals surface area contributed by atoms with Crippen LogP contribution in [0, 0.1) is 6.92 Å². The number of oxazole rings is 1. The van der Waals surface area contributed by atoms with Crippen molar-refractivity contribution >= 4 is 5.91 Å². The lowest BCUT2D eigenvalue weighted by atomic mass is 9.97.